The summed E-state index contributed by atoms with van der Waals surface area (Å²) < 4.78 is 7.40. The third-order valence-corrected chi connectivity index (χ3v) is 10.6. The number of aromatic nitrogens is 5. The Morgan fingerprint density at radius 2 is 1.74 bits per heavy atom. The summed E-state index contributed by atoms with van der Waals surface area (Å²) >= 11 is 0. The summed E-state index contributed by atoms with van der Waals surface area (Å²) in [4.78, 5) is 86.6. The first-order chi connectivity index (χ1) is 30.1. The Morgan fingerprint density at radius 3 is 2.50 bits per heavy atom. The number of benzene rings is 3. The van der Waals surface area contributed by atoms with Crippen molar-refractivity contribution >= 4 is 63.4 Å². The predicted octanol–water partition coefficient (Wildman–Crippen LogP) is 4.22. The molecule has 1 unspecified atom stereocenters. The van der Waals surface area contributed by atoms with Crippen LogP contribution in [0.1, 0.15) is 72.8 Å². The van der Waals surface area contributed by atoms with E-state index in [-0.39, 0.29) is 42.3 Å². The summed E-state index contributed by atoms with van der Waals surface area (Å²) in [6.07, 6.45) is 6.28. The highest BCUT2D eigenvalue weighted by atomic mass is 16.5. The van der Waals surface area contributed by atoms with E-state index in [2.05, 4.69) is 46.9 Å². The standard InChI is InChI=1S/C44H41N11O7/c1-45-41(58)31-23-49-34-20-36(62-2)29(19-30(34)39(31)50-26-9-4-3-5-10-26)32-14-13-25(21-47-32)40(57)46-17-6-7-18-54-24-27(52-53-54)22-48-33-12-8-11-28-38(33)44(61)55(43(28)60)35-15-16-37(56)51-42(35)59/h3-5,8-14,19-21,23-24,35,48H,6-7,15-18,22H2,1-2H3,(H,45,58)(H,46,57)(H,49,50)(H,51,56,59). The van der Waals surface area contributed by atoms with E-state index in [0.29, 0.717) is 82.0 Å². The van der Waals surface area contributed by atoms with E-state index in [4.69, 9.17) is 4.74 Å². The topological polar surface area (TPSA) is 232 Å². The van der Waals surface area contributed by atoms with Gasteiger partial charge in [-0.1, -0.05) is 29.5 Å². The third kappa shape index (κ3) is 8.25. The summed E-state index contributed by atoms with van der Waals surface area (Å²) in [6, 6.07) is 20.4. The molecule has 0 bridgehead atoms. The fourth-order valence-corrected chi connectivity index (χ4v) is 7.46. The van der Waals surface area contributed by atoms with Crippen molar-refractivity contribution in [1.82, 2.24) is 45.8 Å². The Morgan fingerprint density at radius 1 is 0.903 bits per heavy atom. The van der Waals surface area contributed by atoms with Gasteiger partial charge in [0, 0.05) is 67.3 Å². The number of hydrogen-bond donors (Lipinski definition) is 5. The van der Waals surface area contributed by atoms with Crippen LogP contribution in [0, 0.1) is 0 Å². The summed E-state index contributed by atoms with van der Waals surface area (Å²) in [6.45, 7) is 1.18. The van der Waals surface area contributed by atoms with E-state index in [1.165, 1.54) is 18.5 Å². The molecule has 1 fully saturated rings. The van der Waals surface area contributed by atoms with Crippen LogP contribution in [0.2, 0.25) is 0 Å². The van der Waals surface area contributed by atoms with Crippen molar-refractivity contribution in [2.75, 3.05) is 31.3 Å². The smallest absolute Gasteiger partial charge is 0.264 e. The number of pyridine rings is 2. The molecule has 3 aromatic heterocycles. The van der Waals surface area contributed by atoms with E-state index >= 15 is 0 Å². The third-order valence-electron chi connectivity index (χ3n) is 10.6. The first-order valence-electron chi connectivity index (χ1n) is 19.9. The van der Waals surface area contributed by atoms with Crippen molar-refractivity contribution in [3.63, 3.8) is 0 Å². The van der Waals surface area contributed by atoms with E-state index in [1.54, 1.807) is 55.4 Å². The maximum Gasteiger partial charge on any atom is 0.264 e. The molecule has 0 spiro atoms. The highest BCUT2D eigenvalue weighted by Gasteiger charge is 2.45. The van der Waals surface area contributed by atoms with Crippen LogP contribution in [0.4, 0.5) is 17.1 Å². The van der Waals surface area contributed by atoms with Crippen LogP contribution < -0.4 is 31.3 Å². The van der Waals surface area contributed by atoms with Gasteiger partial charge >= 0.3 is 0 Å². The highest BCUT2D eigenvalue weighted by Crippen LogP contribution is 2.38. The number of unbranched alkanes of at least 4 members (excludes halogenated alkanes) is 1. The lowest BCUT2D eigenvalue weighted by atomic mass is 10.0. The molecule has 3 aromatic carbocycles. The zero-order valence-electron chi connectivity index (χ0n) is 33.7. The van der Waals surface area contributed by atoms with Gasteiger partial charge in [-0.2, -0.15) is 0 Å². The fourth-order valence-electron chi connectivity index (χ4n) is 7.46. The molecule has 62 heavy (non-hydrogen) atoms. The second-order valence-corrected chi connectivity index (χ2v) is 14.6. The number of carbonyl (C=O) groups excluding carboxylic acids is 6. The van der Waals surface area contributed by atoms with Crippen molar-refractivity contribution < 1.29 is 33.5 Å². The molecule has 18 heteroatoms. The molecular formula is C44H41N11O7. The van der Waals surface area contributed by atoms with Gasteiger partial charge in [0.05, 0.1) is 59.0 Å². The molecule has 18 nitrogen and oxygen atoms in total. The molecule has 8 rings (SSSR count). The van der Waals surface area contributed by atoms with Crippen molar-refractivity contribution in [3.8, 4) is 17.0 Å². The number of aryl methyl sites for hydroxylation is 1. The summed E-state index contributed by atoms with van der Waals surface area (Å²) in [5.74, 6) is -2.33. The molecule has 6 aromatic rings. The Labute approximate surface area is 354 Å². The quantitative estimate of drug-likeness (QED) is 0.0722. The number of fused-ring (bicyclic) bond motifs is 2. The van der Waals surface area contributed by atoms with Gasteiger partial charge in [0.1, 0.15) is 17.5 Å². The molecule has 2 aliphatic rings. The molecular weight excluding hydrogens is 795 g/mol. The molecule has 5 heterocycles. The SMILES string of the molecule is CNC(=O)c1cnc2cc(OC)c(-c3ccc(C(=O)NCCCCn4cc(CNc5cccc6c5C(=O)N(C5CCC(=O)NC5=O)C6=O)nn4)cn3)cc2c1Nc1ccccc1. The Kier molecular flexibility index (Phi) is 11.6. The Hall–Kier alpha value is -8.02. The van der Waals surface area contributed by atoms with Gasteiger partial charge in [0.15, 0.2) is 0 Å². The maximum atomic E-state index is 13.4. The van der Waals surface area contributed by atoms with Crippen LogP contribution in [0.5, 0.6) is 5.75 Å². The molecule has 1 saturated heterocycles. The van der Waals surface area contributed by atoms with Crippen molar-refractivity contribution in [1.29, 1.82) is 0 Å². The number of rotatable bonds is 15. The van der Waals surface area contributed by atoms with Crippen molar-refractivity contribution in [3.05, 3.63) is 119 Å². The molecule has 2 aliphatic heterocycles. The number of hydrogen-bond acceptors (Lipinski definition) is 13. The normalized spacial score (nSPS) is 14.7. The van der Waals surface area contributed by atoms with Gasteiger partial charge in [-0.15, -0.1) is 5.10 Å². The van der Waals surface area contributed by atoms with E-state index in [9.17, 15) is 28.8 Å². The largest absolute Gasteiger partial charge is 0.496 e. The lowest BCUT2D eigenvalue weighted by molar-refractivity contribution is -0.136. The number of nitrogens with zero attached hydrogens (tertiary/aromatic N) is 6. The number of carbonyl (C=O) groups is 6. The molecule has 0 saturated carbocycles. The number of ether oxygens (including phenoxy) is 1. The molecule has 1 atom stereocenters. The van der Waals surface area contributed by atoms with Crippen LogP contribution in [0.3, 0.4) is 0 Å². The van der Waals surface area contributed by atoms with E-state index in [1.807, 2.05) is 36.4 Å². The van der Waals surface area contributed by atoms with Gasteiger partial charge in [0.25, 0.3) is 23.6 Å². The van der Waals surface area contributed by atoms with E-state index < -0.39 is 29.7 Å². The Bertz CT molecular complexity index is 2740. The van der Waals surface area contributed by atoms with Gasteiger partial charge in [-0.3, -0.25) is 53.6 Å². The average molecular weight is 836 g/mol. The molecule has 314 valence electrons. The van der Waals surface area contributed by atoms with Gasteiger partial charge in [-0.25, -0.2) is 0 Å². The van der Waals surface area contributed by atoms with Crippen LogP contribution >= 0.6 is 0 Å². The molecule has 6 amide bonds. The monoisotopic (exact) mass is 835 g/mol. The molecule has 0 aliphatic carbocycles. The van der Waals surface area contributed by atoms with Gasteiger partial charge < -0.3 is 26.0 Å². The van der Waals surface area contributed by atoms with Crippen LogP contribution in [-0.4, -0.2) is 92.0 Å². The van der Waals surface area contributed by atoms with E-state index in [0.717, 1.165) is 10.6 Å². The first-order valence-corrected chi connectivity index (χ1v) is 19.9. The lowest BCUT2D eigenvalue weighted by Crippen LogP contribution is -2.54. The minimum Gasteiger partial charge on any atom is -0.496 e. The number of nitrogens with one attached hydrogen (secondary N) is 5. The second-order valence-electron chi connectivity index (χ2n) is 14.6. The number of piperidine rings is 1. The van der Waals surface area contributed by atoms with Crippen LogP contribution in [0.25, 0.3) is 22.2 Å². The van der Waals surface area contributed by atoms with Crippen molar-refractivity contribution in [2.24, 2.45) is 0 Å². The van der Waals surface area contributed by atoms with Crippen LogP contribution in [0.15, 0.2) is 91.4 Å². The number of para-hydroxylation sites is 1. The fraction of sp³-hybridized carbons (Fsp3) is 0.227. The second kappa shape index (κ2) is 17.7. The van der Waals surface area contributed by atoms with Gasteiger partial charge in [0.2, 0.25) is 11.8 Å². The predicted molar refractivity (Wildman–Crippen MR) is 227 cm³/mol. The zero-order valence-corrected chi connectivity index (χ0v) is 33.7. The van der Waals surface area contributed by atoms with Crippen LogP contribution in [-0.2, 0) is 22.7 Å². The lowest BCUT2D eigenvalue weighted by Gasteiger charge is -2.27. The minimum absolute atomic E-state index is 0.0380. The maximum absolute atomic E-state index is 13.4. The number of methoxy groups -OCH3 is 1. The molecule has 0 radical (unpaired) electrons. The number of amides is 6. The zero-order chi connectivity index (χ0) is 43.3. The number of anilines is 3. The summed E-state index contributed by atoms with van der Waals surface area (Å²) in [5.41, 5.74) is 5.31. The molecule has 5 N–H and O–H groups in total. The summed E-state index contributed by atoms with van der Waals surface area (Å²) in [7, 11) is 3.12. The van der Waals surface area contributed by atoms with Crippen molar-refractivity contribution in [2.45, 2.75) is 44.8 Å². The first kappa shape index (κ1) is 40.7. The average Bonchev–Trinajstić information content (AvgIpc) is 3.85. The Balaban J connectivity index is 0.847. The minimum atomic E-state index is -1.05. The van der Waals surface area contributed by atoms with Gasteiger partial charge in [-0.05, 0) is 61.7 Å². The number of imide groups is 2. The summed E-state index contributed by atoms with van der Waals surface area (Å²) in [5, 5.41) is 23.5. The highest BCUT2D eigenvalue weighted by molar-refractivity contribution is 6.25.